The normalized spacial score (nSPS) is 13.8. The first-order valence-corrected chi connectivity index (χ1v) is 6.55. The van der Waals surface area contributed by atoms with E-state index in [0.717, 1.165) is 31.4 Å². The maximum atomic E-state index is 12.5. The van der Waals surface area contributed by atoms with Crippen LogP contribution in [0.4, 0.5) is 13.2 Å². The molecule has 8 heteroatoms. The fraction of sp³-hybridized carbons (Fsp3) is 0.333. The van der Waals surface area contributed by atoms with Crippen molar-refractivity contribution in [1.82, 2.24) is 5.32 Å². The van der Waals surface area contributed by atoms with Crippen LogP contribution in [0.5, 0.6) is 0 Å². The predicted molar refractivity (Wildman–Crippen MR) is 75.2 cm³/mol. The third-order valence-corrected chi connectivity index (χ3v) is 3.01. The van der Waals surface area contributed by atoms with Crippen LogP contribution in [0.3, 0.4) is 0 Å². The highest BCUT2D eigenvalue weighted by Gasteiger charge is 2.31. The van der Waals surface area contributed by atoms with Crippen molar-refractivity contribution in [2.75, 3.05) is 7.11 Å². The number of halogens is 3. The molecule has 126 valence electrons. The number of methoxy groups -OCH3 is 1. The quantitative estimate of drug-likeness (QED) is 0.617. The average molecular weight is 331 g/mol. The van der Waals surface area contributed by atoms with Crippen molar-refractivity contribution in [2.24, 2.45) is 0 Å². The molecular formula is C15H16F3NO4. The molecule has 0 fully saturated rings. The molecule has 23 heavy (non-hydrogen) atoms. The minimum atomic E-state index is -4.51. The van der Waals surface area contributed by atoms with Gasteiger partial charge in [-0.3, -0.25) is 4.79 Å². The summed E-state index contributed by atoms with van der Waals surface area (Å²) in [7, 11) is 1.14. The van der Waals surface area contributed by atoms with Crippen LogP contribution in [0.1, 0.15) is 23.7 Å². The minimum Gasteiger partial charge on any atom is -0.467 e. The molecule has 0 heterocycles. The van der Waals surface area contributed by atoms with Crippen LogP contribution in [0.25, 0.3) is 0 Å². The van der Waals surface area contributed by atoms with Gasteiger partial charge >= 0.3 is 12.1 Å². The van der Waals surface area contributed by atoms with Crippen LogP contribution in [0.2, 0.25) is 0 Å². The molecule has 0 aliphatic rings. The summed E-state index contributed by atoms with van der Waals surface area (Å²) in [6.07, 6.45) is -4.76. The number of carbonyl (C=O) groups excluding carboxylic acids is 2. The lowest BCUT2D eigenvalue weighted by Crippen LogP contribution is -2.43. The van der Waals surface area contributed by atoms with Crippen LogP contribution < -0.4 is 5.32 Å². The summed E-state index contributed by atoms with van der Waals surface area (Å²) in [6, 6.07) is 2.47. The summed E-state index contributed by atoms with van der Waals surface area (Å²) in [5, 5.41) is 12.1. The number of alkyl halides is 3. The maximum Gasteiger partial charge on any atom is 0.416 e. The first-order valence-electron chi connectivity index (χ1n) is 6.55. The Morgan fingerprint density at radius 1 is 1.35 bits per heavy atom. The summed E-state index contributed by atoms with van der Waals surface area (Å²) >= 11 is 0. The molecule has 0 aromatic heterocycles. The van der Waals surface area contributed by atoms with Crippen LogP contribution in [-0.2, 0) is 20.5 Å². The number of benzene rings is 1. The Morgan fingerprint density at radius 3 is 2.35 bits per heavy atom. The predicted octanol–water partition coefficient (Wildman–Crippen LogP) is 1.97. The minimum absolute atomic E-state index is 0.0299. The van der Waals surface area contributed by atoms with Gasteiger partial charge in [0, 0.05) is 0 Å². The molecule has 5 nitrogen and oxygen atoms in total. The zero-order chi connectivity index (χ0) is 17.6. The van der Waals surface area contributed by atoms with Crippen LogP contribution >= 0.6 is 0 Å². The van der Waals surface area contributed by atoms with E-state index in [4.69, 9.17) is 0 Å². The molecule has 2 N–H and O–H groups in total. The average Bonchev–Trinajstić information content (AvgIpc) is 2.52. The molecule has 1 rings (SSSR count). The Balaban J connectivity index is 2.83. The van der Waals surface area contributed by atoms with Gasteiger partial charge in [0.25, 0.3) is 5.91 Å². The van der Waals surface area contributed by atoms with Gasteiger partial charge in [-0.1, -0.05) is 18.2 Å². The van der Waals surface area contributed by atoms with E-state index >= 15 is 0 Å². The van der Waals surface area contributed by atoms with Gasteiger partial charge in [-0.25, -0.2) is 4.79 Å². The third kappa shape index (κ3) is 5.10. The molecule has 1 amide bonds. The number of ether oxygens (including phenoxy) is 1. The van der Waals surface area contributed by atoms with Crippen LogP contribution in [0, 0.1) is 0 Å². The number of esters is 1. The molecule has 2 atom stereocenters. The van der Waals surface area contributed by atoms with Crippen molar-refractivity contribution in [3.8, 4) is 0 Å². The van der Waals surface area contributed by atoms with E-state index in [1.807, 2.05) is 0 Å². The largest absolute Gasteiger partial charge is 0.467 e. The highest BCUT2D eigenvalue weighted by molar-refractivity contribution is 5.87. The molecule has 0 bridgehead atoms. The monoisotopic (exact) mass is 331 g/mol. The Kier molecular flexibility index (Phi) is 6.32. The van der Waals surface area contributed by atoms with E-state index in [1.54, 1.807) is 0 Å². The summed E-state index contributed by atoms with van der Waals surface area (Å²) in [4.78, 5) is 23.4. The Hall–Kier alpha value is -2.35. The molecule has 0 radical (unpaired) electrons. The van der Waals surface area contributed by atoms with E-state index in [2.05, 4.69) is 16.6 Å². The SMILES string of the molecule is C=CC[C@H](NC(=O)[C@@H](O)c1ccc(C(F)(F)F)cc1)C(=O)OC. The van der Waals surface area contributed by atoms with Crippen molar-refractivity contribution < 1.29 is 32.6 Å². The van der Waals surface area contributed by atoms with Gasteiger partial charge < -0.3 is 15.2 Å². The number of carbonyl (C=O) groups is 2. The van der Waals surface area contributed by atoms with Gasteiger partial charge in [0.1, 0.15) is 6.04 Å². The summed E-state index contributed by atoms with van der Waals surface area (Å²) < 4.78 is 41.9. The molecule has 0 spiro atoms. The molecule has 0 saturated carbocycles. The topological polar surface area (TPSA) is 75.6 Å². The second-order valence-corrected chi connectivity index (χ2v) is 4.63. The smallest absolute Gasteiger partial charge is 0.416 e. The lowest BCUT2D eigenvalue weighted by Gasteiger charge is -2.18. The molecule has 0 aliphatic heterocycles. The standard InChI is InChI=1S/C15H16F3NO4/c1-3-4-11(14(22)23-2)19-13(21)12(20)9-5-7-10(8-6-9)15(16,17)18/h3,5-8,11-12,20H,1,4H2,2H3,(H,19,21)/t11-,12-/m0/s1. The fourth-order valence-corrected chi connectivity index (χ4v) is 1.78. The molecular weight excluding hydrogens is 315 g/mol. The second kappa shape index (κ2) is 7.77. The number of rotatable bonds is 6. The van der Waals surface area contributed by atoms with Crippen molar-refractivity contribution in [3.05, 3.63) is 48.0 Å². The number of aliphatic hydroxyl groups is 1. The van der Waals surface area contributed by atoms with Crippen LogP contribution in [0.15, 0.2) is 36.9 Å². The molecule has 1 aromatic rings. The maximum absolute atomic E-state index is 12.5. The Bertz CT molecular complexity index is 569. The van der Waals surface area contributed by atoms with E-state index in [1.165, 1.54) is 6.08 Å². The van der Waals surface area contributed by atoms with E-state index in [0.29, 0.717) is 0 Å². The lowest BCUT2D eigenvalue weighted by atomic mass is 10.1. The number of aliphatic hydroxyl groups excluding tert-OH is 1. The van der Waals surface area contributed by atoms with Crippen molar-refractivity contribution >= 4 is 11.9 Å². The zero-order valence-electron chi connectivity index (χ0n) is 12.3. The Labute approximate surface area is 130 Å². The van der Waals surface area contributed by atoms with Crippen molar-refractivity contribution in [1.29, 1.82) is 0 Å². The fourth-order valence-electron chi connectivity index (χ4n) is 1.78. The van der Waals surface area contributed by atoms with Gasteiger partial charge in [0.15, 0.2) is 6.10 Å². The van der Waals surface area contributed by atoms with Crippen LogP contribution in [-0.4, -0.2) is 30.1 Å². The summed E-state index contributed by atoms with van der Waals surface area (Å²) in [5.41, 5.74) is -0.925. The van der Waals surface area contributed by atoms with Gasteiger partial charge in [-0.2, -0.15) is 13.2 Å². The molecule has 0 saturated heterocycles. The van der Waals surface area contributed by atoms with Gasteiger partial charge in [-0.15, -0.1) is 6.58 Å². The lowest BCUT2D eigenvalue weighted by molar-refractivity contribution is -0.146. The molecule has 1 aromatic carbocycles. The number of nitrogens with one attached hydrogen (secondary N) is 1. The van der Waals surface area contributed by atoms with Crippen molar-refractivity contribution in [3.63, 3.8) is 0 Å². The highest BCUT2D eigenvalue weighted by atomic mass is 19.4. The van der Waals surface area contributed by atoms with E-state index < -0.39 is 35.8 Å². The number of hydrogen-bond donors (Lipinski definition) is 2. The first kappa shape index (κ1) is 18.7. The van der Waals surface area contributed by atoms with Gasteiger partial charge in [-0.05, 0) is 24.1 Å². The number of hydrogen-bond acceptors (Lipinski definition) is 4. The van der Waals surface area contributed by atoms with Gasteiger partial charge in [0.05, 0.1) is 12.7 Å². The Morgan fingerprint density at radius 2 is 1.91 bits per heavy atom. The van der Waals surface area contributed by atoms with E-state index in [-0.39, 0.29) is 12.0 Å². The van der Waals surface area contributed by atoms with Crippen molar-refractivity contribution in [2.45, 2.75) is 24.7 Å². The summed E-state index contributed by atoms with van der Waals surface area (Å²) in [6.45, 7) is 3.43. The summed E-state index contributed by atoms with van der Waals surface area (Å²) in [5.74, 6) is -1.65. The third-order valence-electron chi connectivity index (χ3n) is 3.01. The zero-order valence-corrected chi connectivity index (χ0v) is 12.3. The number of amides is 1. The second-order valence-electron chi connectivity index (χ2n) is 4.63. The highest BCUT2D eigenvalue weighted by Crippen LogP contribution is 2.29. The van der Waals surface area contributed by atoms with E-state index in [9.17, 15) is 27.9 Å². The first-order chi connectivity index (χ1) is 10.7. The van der Waals surface area contributed by atoms with Gasteiger partial charge in [0.2, 0.25) is 0 Å². The molecule has 0 unspecified atom stereocenters. The molecule has 0 aliphatic carbocycles.